The van der Waals surface area contributed by atoms with Gasteiger partial charge in [-0.2, -0.15) is 5.10 Å². The van der Waals surface area contributed by atoms with Crippen molar-refractivity contribution in [3.63, 3.8) is 0 Å². The van der Waals surface area contributed by atoms with E-state index in [2.05, 4.69) is 5.10 Å². The lowest BCUT2D eigenvalue weighted by Crippen LogP contribution is -2.22. The average Bonchev–Trinajstić information content (AvgIpc) is 2.71. The fourth-order valence-electron chi connectivity index (χ4n) is 1.70. The summed E-state index contributed by atoms with van der Waals surface area (Å²) < 4.78 is 1.73. The van der Waals surface area contributed by atoms with Crippen LogP contribution in [0.5, 0.6) is 0 Å². The van der Waals surface area contributed by atoms with Crippen molar-refractivity contribution >= 4 is 17.5 Å². The minimum Gasteiger partial charge on any atom is -0.345 e. The van der Waals surface area contributed by atoms with Gasteiger partial charge in [0.1, 0.15) is 0 Å². The Balaban J connectivity index is 2.42. The van der Waals surface area contributed by atoms with Crippen LogP contribution in [-0.4, -0.2) is 34.7 Å². The molecule has 0 aliphatic heterocycles. The summed E-state index contributed by atoms with van der Waals surface area (Å²) in [5.41, 5.74) is 2.31. The minimum absolute atomic E-state index is 0.0484. The van der Waals surface area contributed by atoms with Crippen LogP contribution in [0.15, 0.2) is 30.5 Å². The molecular weight excluding hydrogens is 250 g/mol. The number of aromatic nitrogens is 2. The molecule has 2 aromatic rings. The molecule has 0 unspecified atom stereocenters. The smallest absolute Gasteiger partial charge is 0.256 e. The van der Waals surface area contributed by atoms with E-state index in [0.29, 0.717) is 10.6 Å². The molecule has 0 atom stereocenters. The lowest BCUT2D eigenvalue weighted by molar-refractivity contribution is 0.0827. The van der Waals surface area contributed by atoms with Crippen LogP contribution in [0.4, 0.5) is 0 Å². The molecule has 5 heteroatoms. The Morgan fingerprint density at radius 3 is 2.44 bits per heavy atom. The summed E-state index contributed by atoms with van der Waals surface area (Å²) in [7, 11) is 3.45. The summed E-state index contributed by atoms with van der Waals surface area (Å²) in [5.74, 6) is -0.0484. The number of rotatable bonds is 2. The maximum absolute atomic E-state index is 11.9. The number of carbonyl (C=O) groups excluding carboxylic acids is 1. The summed E-state index contributed by atoms with van der Waals surface area (Å²) in [5, 5.41) is 4.92. The molecular formula is C13H14ClN3O. The van der Waals surface area contributed by atoms with Gasteiger partial charge in [0, 0.05) is 19.1 Å². The van der Waals surface area contributed by atoms with Crippen LogP contribution in [0, 0.1) is 6.92 Å². The Labute approximate surface area is 111 Å². The third kappa shape index (κ3) is 2.24. The molecule has 0 radical (unpaired) electrons. The average molecular weight is 264 g/mol. The van der Waals surface area contributed by atoms with Crippen LogP contribution in [0.3, 0.4) is 0 Å². The van der Waals surface area contributed by atoms with E-state index in [1.54, 1.807) is 37.1 Å². The monoisotopic (exact) mass is 263 g/mol. The molecule has 0 aliphatic carbocycles. The quantitative estimate of drug-likeness (QED) is 0.835. The highest BCUT2D eigenvalue weighted by atomic mass is 35.5. The first-order chi connectivity index (χ1) is 8.50. The standard InChI is InChI=1S/C13H14ClN3O/c1-9-12(13(18)16(2)3)8-15-17(9)11-6-4-10(14)5-7-11/h4-8H,1-3H3. The van der Waals surface area contributed by atoms with Gasteiger partial charge in [0.2, 0.25) is 0 Å². The van der Waals surface area contributed by atoms with Crippen LogP contribution in [-0.2, 0) is 0 Å². The maximum atomic E-state index is 11.9. The van der Waals surface area contributed by atoms with Gasteiger partial charge in [-0.05, 0) is 31.2 Å². The highest BCUT2D eigenvalue weighted by Crippen LogP contribution is 2.17. The first kappa shape index (κ1) is 12.6. The SMILES string of the molecule is Cc1c(C(=O)N(C)C)cnn1-c1ccc(Cl)cc1. The van der Waals surface area contributed by atoms with Crippen molar-refractivity contribution in [2.45, 2.75) is 6.92 Å². The Morgan fingerprint density at radius 2 is 1.89 bits per heavy atom. The van der Waals surface area contributed by atoms with Crippen molar-refractivity contribution in [3.05, 3.63) is 46.7 Å². The molecule has 1 amide bonds. The van der Waals surface area contributed by atoms with Crippen LogP contribution >= 0.6 is 11.6 Å². The third-order valence-corrected chi connectivity index (χ3v) is 2.97. The molecule has 1 aromatic carbocycles. The molecule has 0 saturated carbocycles. The highest BCUT2D eigenvalue weighted by molar-refractivity contribution is 6.30. The zero-order valence-electron chi connectivity index (χ0n) is 10.5. The summed E-state index contributed by atoms with van der Waals surface area (Å²) >= 11 is 5.85. The zero-order chi connectivity index (χ0) is 13.3. The number of hydrogen-bond donors (Lipinski definition) is 0. The van der Waals surface area contributed by atoms with Crippen LogP contribution < -0.4 is 0 Å². The van der Waals surface area contributed by atoms with Crippen molar-refractivity contribution in [1.29, 1.82) is 0 Å². The number of benzene rings is 1. The van der Waals surface area contributed by atoms with Crippen molar-refractivity contribution in [3.8, 4) is 5.69 Å². The first-order valence-corrected chi connectivity index (χ1v) is 5.90. The van der Waals surface area contributed by atoms with Gasteiger partial charge in [0.25, 0.3) is 5.91 Å². The van der Waals surface area contributed by atoms with Crippen molar-refractivity contribution in [1.82, 2.24) is 14.7 Å². The van der Waals surface area contributed by atoms with Gasteiger partial charge in [-0.15, -0.1) is 0 Å². The van der Waals surface area contributed by atoms with Gasteiger partial charge >= 0.3 is 0 Å². The number of amides is 1. The number of halogens is 1. The minimum atomic E-state index is -0.0484. The molecule has 0 aliphatic rings. The normalized spacial score (nSPS) is 10.4. The number of nitrogens with zero attached hydrogens (tertiary/aromatic N) is 3. The van der Waals surface area contributed by atoms with E-state index < -0.39 is 0 Å². The van der Waals surface area contributed by atoms with Crippen molar-refractivity contribution in [2.75, 3.05) is 14.1 Å². The van der Waals surface area contributed by atoms with E-state index in [1.807, 2.05) is 19.1 Å². The number of carbonyl (C=O) groups is 1. The molecule has 1 heterocycles. The van der Waals surface area contributed by atoms with Gasteiger partial charge in [0.15, 0.2) is 0 Å². The lowest BCUT2D eigenvalue weighted by Gasteiger charge is -2.10. The van der Waals surface area contributed by atoms with Crippen LogP contribution in [0.2, 0.25) is 5.02 Å². The van der Waals surface area contributed by atoms with Gasteiger partial charge in [-0.1, -0.05) is 11.6 Å². The molecule has 2 rings (SSSR count). The van der Waals surface area contributed by atoms with Gasteiger partial charge < -0.3 is 4.90 Å². The Hall–Kier alpha value is -1.81. The van der Waals surface area contributed by atoms with E-state index >= 15 is 0 Å². The van der Waals surface area contributed by atoms with Gasteiger partial charge in [-0.25, -0.2) is 4.68 Å². The van der Waals surface area contributed by atoms with Crippen molar-refractivity contribution in [2.24, 2.45) is 0 Å². The molecule has 0 fully saturated rings. The first-order valence-electron chi connectivity index (χ1n) is 5.53. The summed E-state index contributed by atoms with van der Waals surface area (Å²) in [6, 6.07) is 7.33. The second-order valence-corrected chi connectivity index (χ2v) is 4.67. The van der Waals surface area contributed by atoms with Gasteiger partial charge in [0.05, 0.1) is 23.1 Å². The summed E-state index contributed by atoms with van der Waals surface area (Å²) in [4.78, 5) is 13.5. The topological polar surface area (TPSA) is 38.1 Å². The van der Waals surface area contributed by atoms with Crippen LogP contribution in [0.1, 0.15) is 16.1 Å². The molecule has 1 aromatic heterocycles. The molecule has 0 saturated heterocycles. The molecule has 18 heavy (non-hydrogen) atoms. The van der Waals surface area contributed by atoms with Crippen LogP contribution in [0.25, 0.3) is 5.69 Å². The zero-order valence-corrected chi connectivity index (χ0v) is 11.3. The third-order valence-electron chi connectivity index (χ3n) is 2.72. The van der Waals surface area contributed by atoms with E-state index in [4.69, 9.17) is 11.6 Å². The Kier molecular flexibility index (Phi) is 3.39. The Morgan fingerprint density at radius 1 is 1.28 bits per heavy atom. The molecule has 0 bridgehead atoms. The largest absolute Gasteiger partial charge is 0.345 e. The molecule has 4 nitrogen and oxygen atoms in total. The fourth-order valence-corrected chi connectivity index (χ4v) is 1.83. The Bertz CT molecular complexity index is 572. The molecule has 0 N–H and O–H groups in total. The van der Waals surface area contributed by atoms with E-state index in [9.17, 15) is 4.79 Å². The number of hydrogen-bond acceptors (Lipinski definition) is 2. The predicted octanol–water partition coefficient (Wildman–Crippen LogP) is 2.54. The lowest BCUT2D eigenvalue weighted by atomic mass is 10.2. The van der Waals surface area contributed by atoms with Crippen molar-refractivity contribution < 1.29 is 4.79 Å². The van der Waals surface area contributed by atoms with E-state index in [0.717, 1.165) is 11.4 Å². The second-order valence-electron chi connectivity index (χ2n) is 4.23. The summed E-state index contributed by atoms with van der Waals surface area (Å²) in [6.45, 7) is 1.87. The fraction of sp³-hybridized carbons (Fsp3) is 0.231. The van der Waals surface area contributed by atoms with Gasteiger partial charge in [-0.3, -0.25) is 4.79 Å². The molecule has 94 valence electrons. The van der Waals surface area contributed by atoms with E-state index in [-0.39, 0.29) is 5.91 Å². The van der Waals surface area contributed by atoms with E-state index in [1.165, 1.54) is 4.90 Å². The maximum Gasteiger partial charge on any atom is 0.256 e. The second kappa shape index (κ2) is 4.82. The molecule has 0 spiro atoms. The highest BCUT2D eigenvalue weighted by Gasteiger charge is 2.16. The predicted molar refractivity (Wildman–Crippen MR) is 71.3 cm³/mol. The summed E-state index contributed by atoms with van der Waals surface area (Å²) in [6.07, 6.45) is 1.59.